The molecule has 2 aromatic rings. The quantitative estimate of drug-likeness (QED) is 0.698. The fraction of sp³-hybridized carbons (Fsp3) is 0.438. The van der Waals surface area contributed by atoms with Gasteiger partial charge in [0, 0.05) is 12.4 Å². The summed E-state index contributed by atoms with van der Waals surface area (Å²) in [5, 5.41) is 4.49. The highest BCUT2D eigenvalue weighted by Crippen LogP contribution is 2.28. The van der Waals surface area contributed by atoms with Crippen LogP contribution in [0.5, 0.6) is 5.75 Å². The SMILES string of the molecule is CCn1nc(C)c(Br)c1COc1c(C)cc(CCl)cc1C. The molecule has 21 heavy (non-hydrogen) atoms. The Morgan fingerprint density at radius 3 is 2.38 bits per heavy atom. The minimum absolute atomic E-state index is 0.497. The van der Waals surface area contributed by atoms with Gasteiger partial charge in [0.05, 0.1) is 15.9 Å². The highest BCUT2D eigenvalue weighted by atomic mass is 79.9. The lowest BCUT2D eigenvalue weighted by molar-refractivity contribution is 0.288. The van der Waals surface area contributed by atoms with Crippen LogP contribution >= 0.6 is 27.5 Å². The fourth-order valence-corrected chi connectivity index (χ4v) is 3.04. The van der Waals surface area contributed by atoms with Gasteiger partial charge in [0.15, 0.2) is 0 Å². The number of alkyl halides is 1. The minimum atomic E-state index is 0.497. The number of aromatic nitrogens is 2. The molecule has 0 radical (unpaired) electrons. The van der Waals surface area contributed by atoms with Gasteiger partial charge in [-0.1, -0.05) is 12.1 Å². The number of rotatable bonds is 5. The van der Waals surface area contributed by atoms with Crippen molar-refractivity contribution < 1.29 is 4.74 Å². The molecular formula is C16H20BrClN2O. The van der Waals surface area contributed by atoms with Crippen LogP contribution in [0.1, 0.15) is 35.0 Å². The Morgan fingerprint density at radius 2 is 1.86 bits per heavy atom. The molecule has 0 saturated carbocycles. The normalized spacial score (nSPS) is 11.0. The standard InChI is InChI=1S/C16H20BrClN2O/c1-5-20-14(15(17)12(4)19-20)9-21-16-10(2)6-13(8-18)7-11(16)3/h6-7H,5,8-9H2,1-4H3. The molecular weight excluding hydrogens is 352 g/mol. The molecule has 0 N–H and O–H groups in total. The van der Waals surface area contributed by atoms with Crippen molar-refractivity contribution in [2.45, 2.75) is 46.7 Å². The molecule has 0 bridgehead atoms. The van der Waals surface area contributed by atoms with E-state index in [0.29, 0.717) is 12.5 Å². The van der Waals surface area contributed by atoms with Gasteiger partial charge in [0.25, 0.3) is 0 Å². The first-order valence-electron chi connectivity index (χ1n) is 6.98. The smallest absolute Gasteiger partial charge is 0.131 e. The molecule has 3 nitrogen and oxygen atoms in total. The molecule has 1 heterocycles. The molecule has 1 aromatic heterocycles. The van der Waals surface area contributed by atoms with Gasteiger partial charge in [-0.05, 0) is 60.3 Å². The molecule has 2 rings (SSSR count). The Hall–Kier alpha value is -1.00. The van der Waals surface area contributed by atoms with E-state index in [2.05, 4.69) is 53.9 Å². The summed E-state index contributed by atoms with van der Waals surface area (Å²) in [6.07, 6.45) is 0. The first-order chi connectivity index (χ1) is 9.97. The molecule has 0 aliphatic rings. The molecule has 0 aliphatic carbocycles. The van der Waals surface area contributed by atoms with E-state index in [4.69, 9.17) is 16.3 Å². The van der Waals surface area contributed by atoms with Crippen molar-refractivity contribution >= 4 is 27.5 Å². The largest absolute Gasteiger partial charge is 0.487 e. The molecule has 5 heteroatoms. The summed E-state index contributed by atoms with van der Waals surface area (Å²) in [4.78, 5) is 0. The van der Waals surface area contributed by atoms with Crippen LogP contribution in [0.3, 0.4) is 0 Å². The lowest BCUT2D eigenvalue weighted by atomic mass is 10.1. The van der Waals surface area contributed by atoms with Gasteiger partial charge in [-0.2, -0.15) is 5.10 Å². The number of ether oxygens (including phenoxy) is 1. The van der Waals surface area contributed by atoms with Crippen molar-refractivity contribution in [2.75, 3.05) is 0 Å². The third-order valence-corrected chi connectivity index (χ3v) is 4.82. The highest BCUT2D eigenvalue weighted by Gasteiger charge is 2.14. The van der Waals surface area contributed by atoms with Gasteiger partial charge >= 0.3 is 0 Å². The molecule has 0 unspecified atom stereocenters. The van der Waals surface area contributed by atoms with Crippen molar-refractivity contribution in [3.63, 3.8) is 0 Å². The van der Waals surface area contributed by atoms with Crippen LogP contribution < -0.4 is 4.74 Å². The minimum Gasteiger partial charge on any atom is -0.487 e. The van der Waals surface area contributed by atoms with Gasteiger partial charge in [0.1, 0.15) is 12.4 Å². The summed E-state index contributed by atoms with van der Waals surface area (Å²) in [7, 11) is 0. The third-order valence-electron chi connectivity index (χ3n) is 3.48. The zero-order valence-electron chi connectivity index (χ0n) is 12.8. The molecule has 0 spiro atoms. The second-order valence-corrected chi connectivity index (χ2v) is 6.20. The maximum Gasteiger partial charge on any atom is 0.131 e. The molecule has 0 atom stereocenters. The van der Waals surface area contributed by atoms with Gasteiger partial charge in [-0.3, -0.25) is 4.68 Å². The second-order valence-electron chi connectivity index (χ2n) is 5.14. The number of hydrogen-bond donors (Lipinski definition) is 0. The van der Waals surface area contributed by atoms with Crippen molar-refractivity contribution in [2.24, 2.45) is 0 Å². The van der Waals surface area contributed by atoms with E-state index in [1.807, 2.05) is 11.6 Å². The van der Waals surface area contributed by atoms with Gasteiger partial charge in [-0.15, -0.1) is 11.6 Å². The Labute approximate surface area is 139 Å². The van der Waals surface area contributed by atoms with Crippen molar-refractivity contribution in [1.29, 1.82) is 0 Å². The Bertz CT molecular complexity index is 629. The summed E-state index contributed by atoms with van der Waals surface area (Å²) in [6, 6.07) is 4.15. The van der Waals surface area contributed by atoms with Crippen LogP contribution in [0.2, 0.25) is 0 Å². The number of halogens is 2. The Balaban J connectivity index is 2.25. The van der Waals surface area contributed by atoms with Gasteiger partial charge in [-0.25, -0.2) is 0 Å². The second kappa shape index (κ2) is 6.84. The number of benzene rings is 1. The van der Waals surface area contributed by atoms with Crippen LogP contribution in [-0.2, 0) is 19.0 Å². The van der Waals surface area contributed by atoms with Gasteiger partial charge < -0.3 is 4.74 Å². The van der Waals surface area contributed by atoms with Crippen molar-refractivity contribution in [3.8, 4) is 5.75 Å². The van der Waals surface area contributed by atoms with E-state index in [-0.39, 0.29) is 0 Å². The van der Waals surface area contributed by atoms with Crippen LogP contribution in [-0.4, -0.2) is 9.78 Å². The number of hydrogen-bond acceptors (Lipinski definition) is 2. The van der Waals surface area contributed by atoms with Crippen molar-refractivity contribution in [1.82, 2.24) is 9.78 Å². The zero-order valence-corrected chi connectivity index (χ0v) is 15.2. The Morgan fingerprint density at radius 1 is 1.24 bits per heavy atom. The van der Waals surface area contributed by atoms with E-state index >= 15 is 0 Å². The molecule has 0 fully saturated rings. The summed E-state index contributed by atoms with van der Waals surface area (Å²) in [5.74, 6) is 1.45. The van der Waals surface area contributed by atoms with E-state index in [1.54, 1.807) is 0 Å². The van der Waals surface area contributed by atoms with E-state index in [9.17, 15) is 0 Å². The highest BCUT2D eigenvalue weighted by molar-refractivity contribution is 9.10. The van der Waals surface area contributed by atoms with Crippen LogP contribution in [0, 0.1) is 20.8 Å². The van der Waals surface area contributed by atoms with E-state index in [0.717, 1.165) is 44.8 Å². The van der Waals surface area contributed by atoms with Gasteiger partial charge in [0.2, 0.25) is 0 Å². The van der Waals surface area contributed by atoms with E-state index < -0.39 is 0 Å². The maximum atomic E-state index is 6.06. The molecule has 0 amide bonds. The number of aryl methyl sites for hydroxylation is 4. The zero-order chi connectivity index (χ0) is 15.6. The van der Waals surface area contributed by atoms with Crippen LogP contribution in [0.4, 0.5) is 0 Å². The summed E-state index contributed by atoms with van der Waals surface area (Å²) < 4.78 is 9.05. The lowest BCUT2D eigenvalue weighted by Gasteiger charge is -2.14. The summed E-state index contributed by atoms with van der Waals surface area (Å²) in [6.45, 7) is 9.50. The average molecular weight is 372 g/mol. The predicted molar refractivity (Wildman–Crippen MR) is 90.1 cm³/mol. The lowest BCUT2D eigenvalue weighted by Crippen LogP contribution is -2.08. The predicted octanol–water partition coefficient (Wildman–Crippen LogP) is 4.91. The van der Waals surface area contributed by atoms with Crippen molar-refractivity contribution in [3.05, 3.63) is 44.7 Å². The fourth-order valence-electron chi connectivity index (χ4n) is 2.49. The first kappa shape index (κ1) is 16.4. The molecule has 114 valence electrons. The molecule has 0 saturated heterocycles. The Kier molecular flexibility index (Phi) is 5.33. The summed E-state index contributed by atoms with van der Waals surface area (Å²) in [5.41, 5.74) is 5.40. The first-order valence-corrected chi connectivity index (χ1v) is 8.31. The molecule has 0 aliphatic heterocycles. The van der Waals surface area contributed by atoms with Crippen LogP contribution in [0.15, 0.2) is 16.6 Å². The summed E-state index contributed by atoms with van der Waals surface area (Å²) >= 11 is 9.50. The number of nitrogens with zero attached hydrogens (tertiary/aromatic N) is 2. The monoisotopic (exact) mass is 370 g/mol. The van der Waals surface area contributed by atoms with E-state index in [1.165, 1.54) is 0 Å². The third kappa shape index (κ3) is 3.43. The topological polar surface area (TPSA) is 27.1 Å². The van der Waals surface area contributed by atoms with Crippen LogP contribution in [0.25, 0.3) is 0 Å². The average Bonchev–Trinajstić information content (AvgIpc) is 2.73. The maximum absolute atomic E-state index is 6.06. The molecule has 1 aromatic carbocycles.